The third-order valence-corrected chi connectivity index (χ3v) is 4.18. The lowest BCUT2D eigenvalue weighted by atomic mass is 10.1. The van der Waals surface area contributed by atoms with Crippen molar-refractivity contribution in [2.24, 2.45) is 0 Å². The number of aryl methyl sites for hydroxylation is 1. The van der Waals surface area contributed by atoms with Crippen molar-refractivity contribution < 1.29 is 19.2 Å². The summed E-state index contributed by atoms with van der Waals surface area (Å²) in [6.45, 7) is 1.93. The number of ether oxygens (including phenoxy) is 1. The second-order valence-electron chi connectivity index (χ2n) is 6.36. The van der Waals surface area contributed by atoms with E-state index in [1.165, 1.54) is 18.2 Å². The van der Waals surface area contributed by atoms with Gasteiger partial charge in [-0.2, -0.15) is 0 Å². The van der Waals surface area contributed by atoms with Crippen molar-refractivity contribution in [1.29, 1.82) is 0 Å². The first-order valence-electron chi connectivity index (χ1n) is 8.82. The molecule has 1 amide bonds. The smallest absolute Gasteiger partial charge is 0.339 e. The van der Waals surface area contributed by atoms with Gasteiger partial charge in [0.25, 0.3) is 11.6 Å². The van der Waals surface area contributed by atoms with Gasteiger partial charge in [-0.05, 0) is 25.1 Å². The van der Waals surface area contributed by atoms with E-state index >= 15 is 0 Å². The Balaban J connectivity index is 1.85. The Hall–Kier alpha value is -4.00. The number of benzene rings is 3. The molecule has 0 unspecified atom stereocenters. The number of non-ortho nitro benzene ring substituents is 1. The topological polar surface area (TPSA) is 98.5 Å². The minimum Gasteiger partial charge on any atom is -0.444 e. The summed E-state index contributed by atoms with van der Waals surface area (Å²) in [5.74, 6) is -1.36. The molecule has 0 bridgehead atoms. The summed E-state index contributed by atoms with van der Waals surface area (Å²) in [7, 11) is 0. The van der Waals surface area contributed by atoms with Crippen LogP contribution in [0, 0.1) is 17.0 Å². The monoisotopic (exact) mass is 390 g/mol. The molecule has 3 rings (SSSR count). The molecule has 0 spiro atoms. The maximum atomic E-state index is 12.8. The van der Waals surface area contributed by atoms with E-state index in [9.17, 15) is 19.7 Å². The molecule has 0 radical (unpaired) electrons. The van der Waals surface area contributed by atoms with Gasteiger partial charge in [-0.15, -0.1) is 0 Å². The first-order valence-corrected chi connectivity index (χ1v) is 8.82. The van der Waals surface area contributed by atoms with Crippen LogP contribution in [-0.2, 0) is 9.53 Å². The summed E-state index contributed by atoms with van der Waals surface area (Å²) in [6.07, 6.45) is -1.22. The molecule has 0 aliphatic rings. The maximum Gasteiger partial charge on any atom is 0.339 e. The fourth-order valence-electron chi connectivity index (χ4n) is 2.67. The highest BCUT2D eigenvalue weighted by atomic mass is 16.6. The third-order valence-electron chi connectivity index (χ3n) is 4.18. The summed E-state index contributed by atoms with van der Waals surface area (Å²) in [6, 6.07) is 20.9. The van der Waals surface area contributed by atoms with Crippen molar-refractivity contribution in [3.05, 3.63) is 106 Å². The molecule has 0 fully saturated rings. The summed E-state index contributed by atoms with van der Waals surface area (Å²) in [4.78, 5) is 35.8. The zero-order valence-corrected chi connectivity index (χ0v) is 15.6. The molecule has 1 N–H and O–H groups in total. The lowest BCUT2D eigenvalue weighted by Crippen LogP contribution is -2.26. The Bertz CT molecular complexity index is 1030. The molecule has 3 aromatic carbocycles. The van der Waals surface area contributed by atoms with Crippen molar-refractivity contribution in [2.75, 3.05) is 5.32 Å². The Morgan fingerprint density at radius 3 is 2.31 bits per heavy atom. The standard InChI is InChI=1S/C22H18N2O5/c1-15-10-12-18(13-11-15)23-21(25)20(16-6-3-2-4-7-16)29-22(26)17-8-5-9-19(14-17)24(27)28/h2-14,20H,1H3,(H,23,25)/t20-/m1/s1. The van der Waals surface area contributed by atoms with Crippen LogP contribution >= 0.6 is 0 Å². The lowest BCUT2D eigenvalue weighted by molar-refractivity contribution is -0.384. The number of anilines is 1. The first-order chi connectivity index (χ1) is 13.9. The number of esters is 1. The minimum atomic E-state index is -1.22. The molecule has 3 aromatic rings. The number of carbonyl (C=O) groups is 2. The Morgan fingerprint density at radius 2 is 1.66 bits per heavy atom. The van der Waals surface area contributed by atoms with Crippen LogP contribution in [0.2, 0.25) is 0 Å². The van der Waals surface area contributed by atoms with Gasteiger partial charge in [0.15, 0.2) is 0 Å². The molecule has 0 heterocycles. The van der Waals surface area contributed by atoms with Crippen molar-refractivity contribution in [2.45, 2.75) is 13.0 Å². The van der Waals surface area contributed by atoms with E-state index in [1.54, 1.807) is 42.5 Å². The molecular formula is C22H18N2O5. The molecule has 0 aromatic heterocycles. The number of hydrogen-bond donors (Lipinski definition) is 1. The predicted molar refractivity (Wildman–Crippen MR) is 108 cm³/mol. The predicted octanol–water partition coefficient (Wildman–Crippen LogP) is 4.44. The molecular weight excluding hydrogens is 372 g/mol. The number of nitrogens with zero attached hydrogens (tertiary/aromatic N) is 1. The zero-order valence-electron chi connectivity index (χ0n) is 15.6. The van der Waals surface area contributed by atoms with E-state index in [-0.39, 0.29) is 11.3 Å². The summed E-state index contributed by atoms with van der Waals surface area (Å²) >= 11 is 0. The largest absolute Gasteiger partial charge is 0.444 e. The second kappa shape index (κ2) is 8.79. The van der Waals surface area contributed by atoms with E-state index in [4.69, 9.17) is 4.74 Å². The molecule has 0 aliphatic carbocycles. The normalized spacial score (nSPS) is 11.3. The van der Waals surface area contributed by atoms with Crippen molar-refractivity contribution in [1.82, 2.24) is 0 Å². The number of nitrogens with one attached hydrogen (secondary N) is 1. The van der Waals surface area contributed by atoms with Crippen molar-refractivity contribution in [3.8, 4) is 0 Å². The van der Waals surface area contributed by atoms with E-state index in [0.29, 0.717) is 11.3 Å². The van der Waals surface area contributed by atoms with Gasteiger partial charge in [0.05, 0.1) is 10.5 Å². The molecule has 0 saturated carbocycles. The highest BCUT2D eigenvalue weighted by Gasteiger charge is 2.26. The van der Waals surface area contributed by atoms with Gasteiger partial charge in [-0.25, -0.2) is 4.79 Å². The number of hydrogen-bond acceptors (Lipinski definition) is 5. The maximum absolute atomic E-state index is 12.8. The SMILES string of the molecule is Cc1ccc(NC(=O)[C@H](OC(=O)c2cccc([N+](=O)[O-])c2)c2ccccc2)cc1. The quantitative estimate of drug-likeness (QED) is 0.381. The average molecular weight is 390 g/mol. The van der Waals surface area contributed by atoms with E-state index in [1.807, 2.05) is 19.1 Å². The van der Waals surface area contributed by atoms with Crippen LogP contribution in [0.5, 0.6) is 0 Å². The summed E-state index contributed by atoms with van der Waals surface area (Å²) in [5.41, 5.74) is 1.84. The second-order valence-corrected chi connectivity index (χ2v) is 6.36. The van der Waals surface area contributed by atoms with Gasteiger partial charge in [-0.3, -0.25) is 14.9 Å². The lowest BCUT2D eigenvalue weighted by Gasteiger charge is -2.18. The van der Waals surface area contributed by atoms with E-state index < -0.39 is 22.9 Å². The van der Waals surface area contributed by atoms with Crippen LogP contribution < -0.4 is 5.32 Å². The molecule has 0 aliphatic heterocycles. The summed E-state index contributed by atoms with van der Waals surface area (Å²) < 4.78 is 5.44. The molecule has 29 heavy (non-hydrogen) atoms. The van der Waals surface area contributed by atoms with Gasteiger partial charge in [0.2, 0.25) is 6.10 Å². The molecule has 7 heteroatoms. The van der Waals surface area contributed by atoms with E-state index in [2.05, 4.69) is 5.32 Å². The van der Waals surface area contributed by atoms with Gasteiger partial charge in [0.1, 0.15) is 0 Å². The fourth-order valence-corrected chi connectivity index (χ4v) is 2.67. The van der Waals surface area contributed by atoms with Crippen LogP contribution in [0.4, 0.5) is 11.4 Å². The highest BCUT2D eigenvalue weighted by molar-refractivity contribution is 5.98. The number of amides is 1. The number of carbonyl (C=O) groups excluding carboxylic acids is 2. The van der Waals surface area contributed by atoms with Crippen molar-refractivity contribution >= 4 is 23.3 Å². The Kier molecular flexibility index (Phi) is 5.99. The molecule has 7 nitrogen and oxygen atoms in total. The Morgan fingerprint density at radius 1 is 0.966 bits per heavy atom. The number of rotatable bonds is 6. The van der Waals surface area contributed by atoms with Crippen LogP contribution in [0.25, 0.3) is 0 Å². The minimum absolute atomic E-state index is 0.0109. The number of nitro benzene ring substituents is 1. The number of nitro groups is 1. The van der Waals surface area contributed by atoms with Gasteiger partial charge >= 0.3 is 5.97 Å². The molecule has 1 atom stereocenters. The third kappa shape index (κ3) is 5.04. The van der Waals surface area contributed by atoms with E-state index in [0.717, 1.165) is 11.6 Å². The first kappa shape index (κ1) is 19.8. The molecule has 146 valence electrons. The van der Waals surface area contributed by atoms with Crippen molar-refractivity contribution in [3.63, 3.8) is 0 Å². The average Bonchev–Trinajstić information content (AvgIpc) is 2.74. The van der Waals surface area contributed by atoms with Crippen LogP contribution in [0.3, 0.4) is 0 Å². The zero-order chi connectivity index (χ0) is 20.8. The van der Waals surface area contributed by atoms with Gasteiger partial charge in [-0.1, -0.05) is 54.1 Å². The van der Waals surface area contributed by atoms with Gasteiger partial charge in [0, 0.05) is 23.4 Å². The fraction of sp³-hybridized carbons (Fsp3) is 0.0909. The van der Waals surface area contributed by atoms with Gasteiger partial charge < -0.3 is 10.1 Å². The summed E-state index contributed by atoms with van der Waals surface area (Å²) in [5, 5.41) is 13.7. The molecule has 0 saturated heterocycles. The van der Waals surface area contributed by atoms with Crippen LogP contribution in [0.15, 0.2) is 78.9 Å². The highest BCUT2D eigenvalue weighted by Crippen LogP contribution is 2.23. The van der Waals surface area contributed by atoms with Crippen LogP contribution in [-0.4, -0.2) is 16.8 Å². The Labute approximate surface area is 167 Å². The van der Waals surface area contributed by atoms with Crippen LogP contribution in [0.1, 0.15) is 27.6 Å².